The van der Waals surface area contributed by atoms with Gasteiger partial charge in [-0.1, -0.05) is 17.2 Å². The number of carboxylic acid groups (broad SMARTS) is 1. The highest BCUT2D eigenvalue weighted by Gasteiger charge is 2.29. The minimum absolute atomic E-state index is 0.0435. The van der Waals surface area contributed by atoms with Crippen molar-refractivity contribution in [3.05, 3.63) is 34.9 Å². The maximum absolute atomic E-state index is 12.5. The lowest BCUT2D eigenvalue weighted by molar-refractivity contribution is -0.145. The van der Waals surface area contributed by atoms with Gasteiger partial charge in [0.1, 0.15) is 0 Å². The van der Waals surface area contributed by atoms with Gasteiger partial charge >= 0.3 is 5.97 Å². The average molecular weight is 332 g/mol. The van der Waals surface area contributed by atoms with Gasteiger partial charge in [-0.2, -0.15) is 0 Å². The number of rotatable bonds is 4. The molecular formula is C18H24N2O4. The van der Waals surface area contributed by atoms with Gasteiger partial charge in [-0.15, -0.1) is 0 Å². The van der Waals surface area contributed by atoms with E-state index >= 15 is 0 Å². The lowest BCUT2D eigenvalue weighted by atomic mass is 9.98. The highest BCUT2D eigenvalue weighted by Crippen LogP contribution is 2.17. The third kappa shape index (κ3) is 4.34. The number of likely N-dealkylation sites (tertiary alicyclic amines) is 1. The van der Waals surface area contributed by atoms with Crippen molar-refractivity contribution in [1.29, 1.82) is 0 Å². The predicted molar refractivity (Wildman–Crippen MR) is 89.8 cm³/mol. The van der Waals surface area contributed by atoms with Crippen LogP contribution < -0.4 is 0 Å². The molecule has 1 aliphatic rings. The molecular weight excluding hydrogens is 308 g/mol. The molecule has 1 aromatic rings. The van der Waals surface area contributed by atoms with Gasteiger partial charge in [0.05, 0.1) is 12.5 Å². The molecule has 1 heterocycles. The summed E-state index contributed by atoms with van der Waals surface area (Å²) in [5, 5.41) is 9.11. The molecule has 1 aliphatic heterocycles. The van der Waals surface area contributed by atoms with Crippen LogP contribution in [0.5, 0.6) is 0 Å². The van der Waals surface area contributed by atoms with Crippen LogP contribution in [0.1, 0.15) is 34.3 Å². The van der Waals surface area contributed by atoms with Gasteiger partial charge in [-0.25, -0.2) is 0 Å². The van der Waals surface area contributed by atoms with Gasteiger partial charge in [0.2, 0.25) is 5.91 Å². The molecule has 0 aliphatic carbocycles. The summed E-state index contributed by atoms with van der Waals surface area (Å²) < 4.78 is 0. The number of aryl methyl sites for hydroxylation is 2. The standard InChI is InChI=1S/C18H24N2O4/c1-12-7-13(2)9-15(8-12)17(22)19(3)11-16(21)20-6-4-5-14(10-20)18(23)24/h7-9,14H,4-6,10-11H2,1-3H3,(H,23,24). The Hall–Kier alpha value is -2.37. The summed E-state index contributed by atoms with van der Waals surface area (Å²) in [6, 6.07) is 5.59. The zero-order valence-corrected chi connectivity index (χ0v) is 14.4. The SMILES string of the molecule is Cc1cc(C)cc(C(=O)N(C)CC(=O)N2CCCC(C(=O)O)C2)c1. The van der Waals surface area contributed by atoms with E-state index in [0.717, 1.165) is 11.1 Å². The number of hydrogen-bond acceptors (Lipinski definition) is 3. The zero-order valence-electron chi connectivity index (χ0n) is 14.4. The Morgan fingerprint density at radius 2 is 1.83 bits per heavy atom. The Balaban J connectivity index is 2.00. The Labute approximate surface area is 142 Å². The van der Waals surface area contributed by atoms with Crippen molar-refractivity contribution < 1.29 is 19.5 Å². The molecule has 6 nitrogen and oxygen atoms in total. The number of carbonyl (C=O) groups excluding carboxylic acids is 2. The molecule has 0 radical (unpaired) electrons. The molecule has 1 atom stereocenters. The smallest absolute Gasteiger partial charge is 0.308 e. The normalized spacial score (nSPS) is 17.5. The Morgan fingerprint density at radius 3 is 2.42 bits per heavy atom. The van der Waals surface area contributed by atoms with Crippen LogP contribution in [-0.4, -0.2) is 59.4 Å². The lowest BCUT2D eigenvalue weighted by Gasteiger charge is -2.32. The number of amides is 2. The van der Waals surface area contributed by atoms with Gasteiger partial charge in [0.25, 0.3) is 5.91 Å². The summed E-state index contributed by atoms with van der Waals surface area (Å²) in [7, 11) is 1.59. The summed E-state index contributed by atoms with van der Waals surface area (Å²) in [6.07, 6.45) is 1.27. The number of aliphatic carboxylic acids is 1. The summed E-state index contributed by atoms with van der Waals surface area (Å²) in [4.78, 5) is 38.9. The van der Waals surface area contributed by atoms with Gasteiger partial charge in [-0.3, -0.25) is 14.4 Å². The van der Waals surface area contributed by atoms with E-state index in [1.807, 2.05) is 19.9 Å². The molecule has 1 saturated heterocycles. The van der Waals surface area contributed by atoms with Crippen molar-refractivity contribution in [3.63, 3.8) is 0 Å². The second-order valence-corrected chi connectivity index (χ2v) is 6.55. The van der Waals surface area contributed by atoms with Gasteiger partial charge in [0.15, 0.2) is 0 Å². The molecule has 0 aromatic heterocycles. The van der Waals surface area contributed by atoms with Crippen molar-refractivity contribution in [1.82, 2.24) is 9.80 Å². The molecule has 2 amide bonds. The number of hydrogen-bond donors (Lipinski definition) is 1. The largest absolute Gasteiger partial charge is 0.481 e. The summed E-state index contributed by atoms with van der Waals surface area (Å²) >= 11 is 0. The number of likely N-dealkylation sites (N-methyl/N-ethyl adjacent to an activating group) is 1. The maximum atomic E-state index is 12.5. The van der Waals surface area contributed by atoms with Crippen LogP contribution in [0.15, 0.2) is 18.2 Å². The van der Waals surface area contributed by atoms with Crippen LogP contribution in [-0.2, 0) is 9.59 Å². The molecule has 1 fully saturated rings. The lowest BCUT2D eigenvalue weighted by Crippen LogP contribution is -2.46. The molecule has 0 saturated carbocycles. The second kappa shape index (κ2) is 7.47. The van der Waals surface area contributed by atoms with Crippen LogP contribution in [0.2, 0.25) is 0 Å². The van der Waals surface area contributed by atoms with Gasteiger partial charge < -0.3 is 14.9 Å². The first kappa shape index (κ1) is 18.0. The molecule has 1 N–H and O–H groups in total. The number of nitrogens with zero attached hydrogens (tertiary/aromatic N) is 2. The fourth-order valence-electron chi connectivity index (χ4n) is 3.10. The first-order valence-corrected chi connectivity index (χ1v) is 8.12. The number of piperidine rings is 1. The fraction of sp³-hybridized carbons (Fsp3) is 0.500. The van der Waals surface area contributed by atoms with Crippen LogP contribution in [0.25, 0.3) is 0 Å². The van der Waals surface area contributed by atoms with Crippen molar-refractivity contribution in [2.45, 2.75) is 26.7 Å². The highest BCUT2D eigenvalue weighted by atomic mass is 16.4. The van der Waals surface area contributed by atoms with E-state index < -0.39 is 11.9 Å². The Morgan fingerprint density at radius 1 is 1.21 bits per heavy atom. The third-order valence-electron chi connectivity index (χ3n) is 4.31. The third-order valence-corrected chi connectivity index (χ3v) is 4.31. The van der Waals surface area contributed by atoms with E-state index in [1.165, 1.54) is 4.90 Å². The van der Waals surface area contributed by atoms with E-state index in [9.17, 15) is 14.4 Å². The molecule has 2 rings (SSSR count). The molecule has 1 aromatic carbocycles. The maximum Gasteiger partial charge on any atom is 0.308 e. The first-order valence-electron chi connectivity index (χ1n) is 8.12. The number of benzene rings is 1. The summed E-state index contributed by atoms with van der Waals surface area (Å²) in [5.41, 5.74) is 2.56. The van der Waals surface area contributed by atoms with Crippen molar-refractivity contribution in [2.75, 3.05) is 26.7 Å². The van der Waals surface area contributed by atoms with Crippen LogP contribution in [0.3, 0.4) is 0 Å². The average Bonchev–Trinajstić information content (AvgIpc) is 2.53. The Bertz CT molecular complexity index is 636. The number of carboxylic acids is 1. The minimum Gasteiger partial charge on any atom is -0.481 e. The Kier molecular flexibility index (Phi) is 5.59. The van der Waals surface area contributed by atoms with Crippen LogP contribution in [0, 0.1) is 19.8 Å². The minimum atomic E-state index is -0.868. The second-order valence-electron chi connectivity index (χ2n) is 6.55. The molecule has 0 spiro atoms. The van der Waals surface area contributed by atoms with Gasteiger partial charge in [0, 0.05) is 25.7 Å². The molecule has 1 unspecified atom stereocenters. The van der Waals surface area contributed by atoms with Crippen molar-refractivity contribution in [3.8, 4) is 0 Å². The highest BCUT2D eigenvalue weighted by molar-refractivity contribution is 5.96. The number of carbonyl (C=O) groups is 3. The quantitative estimate of drug-likeness (QED) is 0.910. The summed E-state index contributed by atoms with van der Waals surface area (Å²) in [5.74, 6) is -1.79. The van der Waals surface area contributed by atoms with Gasteiger partial charge in [-0.05, 0) is 38.8 Å². The van der Waals surface area contributed by atoms with E-state index in [-0.39, 0.29) is 24.9 Å². The molecule has 6 heteroatoms. The molecule has 130 valence electrons. The van der Waals surface area contributed by atoms with Crippen LogP contribution >= 0.6 is 0 Å². The monoisotopic (exact) mass is 332 g/mol. The van der Waals surface area contributed by atoms with Crippen molar-refractivity contribution in [2.24, 2.45) is 5.92 Å². The van der Waals surface area contributed by atoms with E-state index in [2.05, 4.69) is 0 Å². The molecule has 0 bridgehead atoms. The fourth-order valence-corrected chi connectivity index (χ4v) is 3.10. The van der Waals surface area contributed by atoms with E-state index in [0.29, 0.717) is 24.9 Å². The molecule has 24 heavy (non-hydrogen) atoms. The predicted octanol–water partition coefficient (Wildman–Crippen LogP) is 1.70. The summed E-state index contributed by atoms with van der Waals surface area (Å²) in [6.45, 7) is 4.58. The van der Waals surface area contributed by atoms with E-state index in [1.54, 1.807) is 24.1 Å². The first-order chi connectivity index (χ1) is 11.3. The van der Waals surface area contributed by atoms with E-state index in [4.69, 9.17) is 5.11 Å². The zero-order chi connectivity index (χ0) is 17.9. The van der Waals surface area contributed by atoms with Crippen LogP contribution in [0.4, 0.5) is 0 Å². The van der Waals surface area contributed by atoms with Crippen molar-refractivity contribution >= 4 is 17.8 Å². The topological polar surface area (TPSA) is 77.9 Å².